The minimum absolute atomic E-state index is 0. The first-order chi connectivity index (χ1) is 6.49. The Kier molecular flexibility index (Phi) is 6.03. The van der Waals surface area contributed by atoms with Gasteiger partial charge in [-0.1, -0.05) is 0 Å². The number of rotatable bonds is 2. The van der Waals surface area contributed by atoms with E-state index in [1.54, 1.807) is 0 Å². The first-order valence-electron chi connectivity index (χ1n) is 4.98. The van der Waals surface area contributed by atoms with Gasteiger partial charge >= 0.3 is 92.1 Å². The SMILES string of the molecule is Cl.Cl.[CH3][Hf](=[SiH2])([Cl])([C]1=CC=CC1)[C]1=CC=CC1. The molecule has 0 heterocycles. The molecule has 0 bridgehead atoms. The van der Waals surface area contributed by atoms with Gasteiger partial charge in [0.25, 0.3) is 0 Å². The summed E-state index contributed by atoms with van der Waals surface area (Å²) in [5.41, 5.74) is 0. The normalized spacial score (nSPS) is 18.7. The van der Waals surface area contributed by atoms with Crippen molar-refractivity contribution in [2.24, 2.45) is 0 Å². The van der Waals surface area contributed by atoms with Crippen LogP contribution in [0.2, 0.25) is 4.68 Å². The van der Waals surface area contributed by atoms with Crippen LogP contribution in [0.1, 0.15) is 12.8 Å². The number of hydrogen-bond acceptors (Lipinski definition) is 0. The third-order valence-corrected chi connectivity index (χ3v) is 29.2. The van der Waals surface area contributed by atoms with Crippen molar-refractivity contribution >= 4 is 40.3 Å². The van der Waals surface area contributed by atoms with Gasteiger partial charge in [-0.2, -0.15) is 0 Å². The van der Waals surface area contributed by atoms with E-state index in [9.17, 15) is 0 Å². The molecule has 0 N–H and O–H groups in total. The molecule has 2 rings (SSSR count). The Morgan fingerprint density at radius 1 is 1.06 bits per heavy atom. The van der Waals surface area contributed by atoms with Crippen LogP contribution in [0.5, 0.6) is 0 Å². The number of allylic oxidation sites excluding steroid dienone is 8. The summed E-state index contributed by atoms with van der Waals surface area (Å²) in [5, 5.41) is 0. The molecule has 0 aliphatic heterocycles. The Morgan fingerprint density at radius 3 is 1.69 bits per heavy atom. The van der Waals surface area contributed by atoms with Crippen LogP contribution in [0, 0.1) is 0 Å². The third-order valence-electron chi connectivity index (χ3n) is 3.20. The van der Waals surface area contributed by atoms with Gasteiger partial charge in [0.2, 0.25) is 0 Å². The fourth-order valence-electron chi connectivity index (χ4n) is 2.06. The van der Waals surface area contributed by atoms with Crippen molar-refractivity contribution in [1.29, 1.82) is 0 Å². The summed E-state index contributed by atoms with van der Waals surface area (Å²) in [4.78, 5) is 0. The first-order valence-corrected chi connectivity index (χ1v) is 24.9. The van der Waals surface area contributed by atoms with Gasteiger partial charge in [0.05, 0.1) is 0 Å². The van der Waals surface area contributed by atoms with Gasteiger partial charge in [-0.15, -0.1) is 24.8 Å². The molecule has 0 radical (unpaired) electrons. The van der Waals surface area contributed by atoms with E-state index in [-0.39, 0.29) is 24.8 Å². The van der Waals surface area contributed by atoms with Crippen LogP contribution in [0.15, 0.2) is 43.1 Å². The Morgan fingerprint density at radius 2 is 1.44 bits per heavy atom. The van der Waals surface area contributed by atoms with Gasteiger partial charge in [0.1, 0.15) is 0 Å². The molecule has 0 aromatic rings. The minimum atomic E-state index is -3.26. The molecule has 0 atom stereocenters. The molecule has 2 aliphatic carbocycles. The molecule has 0 amide bonds. The quantitative estimate of drug-likeness (QED) is 0.546. The second-order valence-electron chi connectivity index (χ2n) is 4.49. The van der Waals surface area contributed by atoms with Crippen LogP contribution in [0.3, 0.4) is 0 Å². The number of halogens is 3. The summed E-state index contributed by atoms with van der Waals surface area (Å²) in [5.74, 6) is 0. The molecule has 0 aromatic heterocycles. The van der Waals surface area contributed by atoms with Crippen LogP contribution in [0.4, 0.5) is 0 Å². The van der Waals surface area contributed by atoms with Gasteiger partial charge in [0.15, 0.2) is 0 Å². The second kappa shape index (κ2) is 5.70. The Hall–Kier alpha value is 0.917. The van der Waals surface area contributed by atoms with Crippen LogP contribution in [-0.4, -0.2) is 6.94 Å². The van der Waals surface area contributed by atoms with E-state index in [2.05, 4.69) is 48.1 Å². The summed E-state index contributed by atoms with van der Waals surface area (Å²) >= 11 is -3.26. The third kappa shape index (κ3) is 3.02. The van der Waals surface area contributed by atoms with Gasteiger partial charge in [-0.05, 0) is 0 Å². The van der Waals surface area contributed by atoms with Gasteiger partial charge in [0, 0.05) is 0 Å². The predicted octanol–water partition coefficient (Wildman–Crippen LogP) is 3.96. The molecule has 0 aromatic carbocycles. The van der Waals surface area contributed by atoms with E-state index in [4.69, 9.17) is 8.58 Å². The standard InChI is InChI=1S/2C5H5.CH3.3ClH.Hf.H2Si/c2*1-2-4-5-3-1;;;;;;/h2*1-3H,4H2;1H3;3*1H;;1H2/q;;;;;;+1;/p-1. The van der Waals surface area contributed by atoms with Gasteiger partial charge < -0.3 is 0 Å². The van der Waals surface area contributed by atoms with Crippen molar-refractivity contribution in [3.8, 4) is 0 Å². The van der Waals surface area contributed by atoms with E-state index in [0.717, 1.165) is 12.8 Å². The maximum absolute atomic E-state index is 7.02. The fourth-order valence-corrected chi connectivity index (χ4v) is 18.6. The Balaban J connectivity index is 0.00000112. The Labute approximate surface area is 116 Å². The van der Waals surface area contributed by atoms with Crippen LogP contribution < -0.4 is 0 Å². The van der Waals surface area contributed by atoms with Crippen molar-refractivity contribution in [1.82, 2.24) is 0 Å². The van der Waals surface area contributed by atoms with E-state index in [0.29, 0.717) is 0 Å². The molecule has 0 spiro atoms. The molecule has 5 heteroatoms. The van der Waals surface area contributed by atoms with Gasteiger partial charge in [-0.3, -0.25) is 0 Å². The molecule has 0 saturated heterocycles. The summed E-state index contributed by atoms with van der Waals surface area (Å²) in [7, 11) is 7.02. The molecular weight excluding hydrogens is 445 g/mol. The van der Waals surface area contributed by atoms with Crippen molar-refractivity contribution in [2.75, 3.05) is 0 Å². The summed E-state index contributed by atoms with van der Waals surface area (Å²) < 4.78 is 5.39. The summed E-state index contributed by atoms with van der Waals surface area (Å²) in [6.07, 6.45) is 15.4. The zero-order valence-electron chi connectivity index (χ0n) is 9.28. The summed E-state index contributed by atoms with van der Waals surface area (Å²) in [6, 6.07) is 0. The van der Waals surface area contributed by atoms with Crippen molar-refractivity contribution in [2.45, 2.75) is 17.5 Å². The first kappa shape index (κ1) is 16.9. The maximum atomic E-state index is 7.02. The predicted molar refractivity (Wildman–Crippen MR) is 78.4 cm³/mol. The van der Waals surface area contributed by atoms with E-state index >= 15 is 0 Å². The number of hydrogen-bond donors (Lipinski definition) is 0. The topological polar surface area (TPSA) is 0 Å². The average molecular weight is 462 g/mol. The van der Waals surface area contributed by atoms with E-state index < -0.39 is 15.9 Å². The second-order valence-corrected chi connectivity index (χ2v) is 48.9. The molecule has 0 nitrogen and oxygen atoms in total. The van der Waals surface area contributed by atoms with Crippen LogP contribution in [0.25, 0.3) is 0 Å². The zero-order chi connectivity index (χ0) is 10.3. The van der Waals surface area contributed by atoms with Crippen LogP contribution in [-0.2, 0) is 15.9 Å². The molecule has 0 saturated carbocycles. The molecular formula is C11H17Cl3HfSi. The van der Waals surface area contributed by atoms with E-state index in [1.807, 2.05) is 0 Å². The van der Waals surface area contributed by atoms with Crippen LogP contribution >= 0.6 is 33.4 Å². The van der Waals surface area contributed by atoms with Crippen molar-refractivity contribution < 1.29 is 15.9 Å². The van der Waals surface area contributed by atoms with Crippen molar-refractivity contribution in [3.05, 3.63) is 43.1 Å². The fraction of sp³-hybridized carbons (Fsp3) is 0.273. The molecule has 2 aliphatic rings. The molecule has 90 valence electrons. The van der Waals surface area contributed by atoms with E-state index in [1.165, 1.54) is 6.66 Å². The van der Waals surface area contributed by atoms with Crippen molar-refractivity contribution in [3.63, 3.8) is 0 Å². The molecule has 16 heavy (non-hydrogen) atoms. The Bertz CT molecular complexity index is 416. The molecule has 0 fully saturated rings. The van der Waals surface area contributed by atoms with Gasteiger partial charge in [-0.25, -0.2) is 0 Å². The molecule has 0 unspecified atom stereocenters. The summed E-state index contributed by atoms with van der Waals surface area (Å²) in [6.45, 7) is 2.10. The zero-order valence-corrected chi connectivity index (χ0v) is 16.7. The average Bonchev–Trinajstić information content (AvgIpc) is 2.78. The monoisotopic (exact) mass is 462 g/mol.